The second kappa shape index (κ2) is 9.81. The molecule has 5 heteroatoms. The molecule has 1 aliphatic rings. The first kappa shape index (κ1) is 18.1. The van der Waals surface area contributed by atoms with Crippen LogP contribution in [0.5, 0.6) is 0 Å². The number of rotatable bonds is 6. The van der Waals surface area contributed by atoms with Crippen LogP contribution in [-0.2, 0) is 6.42 Å². The molecule has 1 aliphatic carbocycles. The van der Waals surface area contributed by atoms with E-state index in [1.165, 1.54) is 42.6 Å². The molecule has 1 fully saturated rings. The Kier molecular flexibility index (Phi) is 7.72. The van der Waals surface area contributed by atoms with Crippen molar-refractivity contribution in [3.8, 4) is 0 Å². The van der Waals surface area contributed by atoms with Gasteiger partial charge in [-0.05, 0) is 55.6 Å². The van der Waals surface area contributed by atoms with Gasteiger partial charge >= 0.3 is 0 Å². The summed E-state index contributed by atoms with van der Waals surface area (Å²) in [5.41, 5.74) is 2.60. The van der Waals surface area contributed by atoms with Gasteiger partial charge in [0.15, 0.2) is 5.96 Å². The normalized spacial score (nSPS) is 22.0. The molecule has 0 radical (unpaired) electrons. The molecule has 2 rings (SSSR count). The molecule has 4 nitrogen and oxygen atoms in total. The Morgan fingerprint density at radius 3 is 3.04 bits per heavy atom. The first-order chi connectivity index (χ1) is 11.2. The van der Waals surface area contributed by atoms with E-state index in [1.54, 1.807) is 0 Å². The highest BCUT2D eigenvalue weighted by Crippen LogP contribution is 2.28. The third-order valence-electron chi connectivity index (χ3n) is 4.42. The minimum Gasteiger partial charge on any atom is -0.356 e. The fourth-order valence-electron chi connectivity index (χ4n) is 3.15. The molecule has 1 aromatic heterocycles. The number of nitrogens with zero attached hydrogens (tertiary/aromatic N) is 2. The van der Waals surface area contributed by atoms with Crippen molar-refractivity contribution in [3.63, 3.8) is 0 Å². The van der Waals surface area contributed by atoms with E-state index in [4.69, 9.17) is 0 Å². The monoisotopic (exact) mass is 334 g/mol. The van der Waals surface area contributed by atoms with Gasteiger partial charge in [-0.15, -0.1) is 0 Å². The summed E-state index contributed by atoms with van der Waals surface area (Å²) in [6.45, 7) is 5.26. The van der Waals surface area contributed by atoms with Gasteiger partial charge in [0.05, 0.1) is 0 Å². The van der Waals surface area contributed by atoms with E-state index in [0.29, 0.717) is 6.04 Å². The smallest absolute Gasteiger partial charge is 0.191 e. The highest BCUT2D eigenvalue weighted by atomic mass is 32.2. The van der Waals surface area contributed by atoms with Crippen LogP contribution in [0, 0.1) is 6.92 Å². The van der Waals surface area contributed by atoms with Crippen LogP contribution >= 0.6 is 11.8 Å². The lowest BCUT2D eigenvalue weighted by molar-refractivity contribution is 0.419. The summed E-state index contributed by atoms with van der Waals surface area (Å²) in [5, 5.41) is 7.87. The average molecular weight is 335 g/mol. The summed E-state index contributed by atoms with van der Waals surface area (Å²) < 4.78 is 0. The SMILES string of the molecule is CCSC1CCCC(NC(=NC)NCCc2ccncc2C)C1. The zero-order chi connectivity index (χ0) is 16.5. The van der Waals surface area contributed by atoms with Crippen LogP contribution in [0.15, 0.2) is 23.5 Å². The molecule has 0 aliphatic heterocycles. The Labute approximate surface area is 145 Å². The van der Waals surface area contributed by atoms with Crippen molar-refractivity contribution in [3.05, 3.63) is 29.6 Å². The predicted octanol–water partition coefficient (Wildman–Crippen LogP) is 3.16. The summed E-state index contributed by atoms with van der Waals surface area (Å²) >= 11 is 2.10. The maximum absolute atomic E-state index is 4.38. The van der Waals surface area contributed by atoms with E-state index in [2.05, 4.69) is 52.3 Å². The summed E-state index contributed by atoms with van der Waals surface area (Å²) in [4.78, 5) is 8.53. The van der Waals surface area contributed by atoms with Gasteiger partial charge in [-0.3, -0.25) is 9.98 Å². The van der Waals surface area contributed by atoms with Crippen LogP contribution in [0.2, 0.25) is 0 Å². The molecular formula is C18H30N4S. The second-order valence-corrected chi connectivity index (χ2v) is 7.71. The minimum atomic E-state index is 0.557. The molecule has 1 saturated carbocycles. The standard InChI is InChI=1S/C18H30N4S/c1-4-23-17-7-5-6-16(12-17)22-18(19-3)21-11-9-15-8-10-20-13-14(15)2/h8,10,13,16-17H,4-7,9,11-12H2,1-3H3,(H2,19,21,22). The van der Waals surface area contributed by atoms with E-state index in [1.807, 2.05) is 19.4 Å². The van der Waals surface area contributed by atoms with E-state index >= 15 is 0 Å². The van der Waals surface area contributed by atoms with Crippen LogP contribution < -0.4 is 10.6 Å². The number of hydrogen-bond donors (Lipinski definition) is 2. The lowest BCUT2D eigenvalue weighted by Crippen LogP contribution is -2.46. The fourth-order valence-corrected chi connectivity index (χ4v) is 4.32. The number of aromatic nitrogens is 1. The van der Waals surface area contributed by atoms with Crippen molar-refractivity contribution in [2.24, 2.45) is 4.99 Å². The first-order valence-corrected chi connectivity index (χ1v) is 9.76. The minimum absolute atomic E-state index is 0.557. The molecule has 0 bridgehead atoms. The zero-order valence-electron chi connectivity index (χ0n) is 14.6. The molecule has 1 heterocycles. The zero-order valence-corrected chi connectivity index (χ0v) is 15.5. The molecular weight excluding hydrogens is 304 g/mol. The van der Waals surface area contributed by atoms with Gasteiger partial charge in [-0.2, -0.15) is 11.8 Å². The van der Waals surface area contributed by atoms with Gasteiger partial charge in [-0.1, -0.05) is 13.3 Å². The van der Waals surface area contributed by atoms with Crippen LogP contribution in [-0.4, -0.2) is 41.6 Å². The molecule has 0 amide bonds. The van der Waals surface area contributed by atoms with E-state index in [-0.39, 0.29) is 0 Å². The molecule has 2 atom stereocenters. The molecule has 0 saturated heterocycles. The topological polar surface area (TPSA) is 49.3 Å². The number of pyridine rings is 1. The Balaban J connectivity index is 1.76. The summed E-state index contributed by atoms with van der Waals surface area (Å²) in [6, 6.07) is 2.66. The average Bonchev–Trinajstić information content (AvgIpc) is 2.56. The molecule has 2 unspecified atom stereocenters. The van der Waals surface area contributed by atoms with E-state index in [0.717, 1.165) is 24.2 Å². The van der Waals surface area contributed by atoms with Crippen LogP contribution in [0.1, 0.15) is 43.7 Å². The van der Waals surface area contributed by atoms with Crippen molar-refractivity contribution in [2.75, 3.05) is 19.3 Å². The number of guanidine groups is 1. The van der Waals surface area contributed by atoms with Gasteiger partial charge in [0, 0.05) is 37.3 Å². The Hall–Kier alpha value is -1.23. The quantitative estimate of drug-likeness (QED) is 0.620. The highest BCUT2D eigenvalue weighted by Gasteiger charge is 2.22. The van der Waals surface area contributed by atoms with Crippen LogP contribution in [0.25, 0.3) is 0 Å². The van der Waals surface area contributed by atoms with E-state index < -0.39 is 0 Å². The molecule has 0 aromatic carbocycles. The molecule has 128 valence electrons. The Morgan fingerprint density at radius 2 is 2.30 bits per heavy atom. The Bertz CT molecular complexity index is 502. The highest BCUT2D eigenvalue weighted by molar-refractivity contribution is 7.99. The lowest BCUT2D eigenvalue weighted by atomic mass is 9.95. The van der Waals surface area contributed by atoms with Crippen molar-refractivity contribution in [1.82, 2.24) is 15.6 Å². The molecule has 2 N–H and O–H groups in total. The van der Waals surface area contributed by atoms with Gasteiger partial charge in [-0.25, -0.2) is 0 Å². The number of thioether (sulfide) groups is 1. The largest absolute Gasteiger partial charge is 0.356 e. The Morgan fingerprint density at radius 1 is 1.43 bits per heavy atom. The molecule has 0 spiro atoms. The number of hydrogen-bond acceptors (Lipinski definition) is 3. The maximum atomic E-state index is 4.38. The van der Waals surface area contributed by atoms with E-state index in [9.17, 15) is 0 Å². The van der Waals surface area contributed by atoms with Crippen molar-refractivity contribution < 1.29 is 0 Å². The predicted molar refractivity (Wildman–Crippen MR) is 101 cm³/mol. The fraction of sp³-hybridized carbons (Fsp3) is 0.667. The number of aliphatic imine (C=N–C) groups is 1. The lowest BCUT2D eigenvalue weighted by Gasteiger charge is -2.30. The third-order valence-corrected chi connectivity index (χ3v) is 5.65. The van der Waals surface area contributed by atoms with Crippen molar-refractivity contribution >= 4 is 17.7 Å². The first-order valence-electron chi connectivity index (χ1n) is 8.71. The second-order valence-electron chi connectivity index (χ2n) is 6.14. The van der Waals surface area contributed by atoms with Gasteiger partial charge < -0.3 is 10.6 Å². The van der Waals surface area contributed by atoms with Gasteiger partial charge in [0.2, 0.25) is 0 Å². The summed E-state index contributed by atoms with van der Waals surface area (Å²) in [6.07, 6.45) is 9.98. The van der Waals surface area contributed by atoms with Crippen molar-refractivity contribution in [1.29, 1.82) is 0 Å². The van der Waals surface area contributed by atoms with Crippen molar-refractivity contribution in [2.45, 2.75) is 57.2 Å². The van der Waals surface area contributed by atoms with Crippen LogP contribution in [0.4, 0.5) is 0 Å². The summed E-state index contributed by atoms with van der Waals surface area (Å²) in [5.74, 6) is 2.15. The van der Waals surface area contributed by atoms with Crippen LogP contribution in [0.3, 0.4) is 0 Å². The molecule has 23 heavy (non-hydrogen) atoms. The summed E-state index contributed by atoms with van der Waals surface area (Å²) in [7, 11) is 1.86. The number of nitrogens with one attached hydrogen (secondary N) is 2. The maximum Gasteiger partial charge on any atom is 0.191 e. The van der Waals surface area contributed by atoms with Gasteiger partial charge in [0.25, 0.3) is 0 Å². The third kappa shape index (κ3) is 6.05. The molecule has 1 aromatic rings. The number of aryl methyl sites for hydroxylation is 1. The van der Waals surface area contributed by atoms with Gasteiger partial charge in [0.1, 0.15) is 0 Å².